The quantitative estimate of drug-likeness (QED) is 0.871. The second-order valence-electron chi connectivity index (χ2n) is 5.32. The molecular formula is C15H24N2O2. The van der Waals surface area contributed by atoms with Gasteiger partial charge in [-0.1, -0.05) is 26.0 Å². The molecule has 3 N–H and O–H groups in total. The van der Waals surface area contributed by atoms with E-state index in [1.54, 1.807) is 7.11 Å². The summed E-state index contributed by atoms with van der Waals surface area (Å²) in [6, 6.07) is 6.33. The molecule has 2 rings (SSSR count). The molecule has 0 saturated carbocycles. The lowest BCUT2D eigenvalue weighted by atomic mass is 9.95. The predicted octanol–water partition coefficient (Wildman–Crippen LogP) is 1.81. The molecule has 4 nitrogen and oxygen atoms in total. The highest BCUT2D eigenvalue weighted by Crippen LogP contribution is 2.30. The van der Waals surface area contributed by atoms with Crippen molar-refractivity contribution in [3.63, 3.8) is 0 Å². The largest absolute Gasteiger partial charge is 0.496 e. The van der Waals surface area contributed by atoms with Crippen LogP contribution in [0.2, 0.25) is 0 Å². The average Bonchev–Trinajstić information content (AvgIpc) is 2.46. The van der Waals surface area contributed by atoms with Gasteiger partial charge in [-0.05, 0) is 17.5 Å². The molecule has 1 aliphatic rings. The van der Waals surface area contributed by atoms with Crippen LogP contribution < -0.4 is 15.8 Å². The van der Waals surface area contributed by atoms with Crippen molar-refractivity contribution < 1.29 is 9.47 Å². The summed E-state index contributed by atoms with van der Waals surface area (Å²) < 4.78 is 11.0. The molecule has 2 atom stereocenters. The molecule has 1 aromatic rings. The topological polar surface area (TPSA) is 56.5 Å². The van der Waals surface area contributed by atoms with E-state index in [1.165, 1.54) is 5.56 Å². The van der Waals surface area contributed by atoms with Crippen LogP contribution in [0.3, 0.4) is 0 Å². The van der Waals surface area contributed by atoms with Gasteiger partial charge in [0, 0.05) is 18.2 Å². The Hall–Kier alpha value is -1.10. The van der Waals surface area contributed by atoms with Crippen molar-refractivity contribution in [2.75, 3.05) is 26.9 Å². The van der Waals surface area contributed by atoms with Crippen LogP contribution in [0, 0.1) is 0 Å². The first-order chi connectivity index (χ1) is 9.13. The zero-order valence-corrected chi connectivity index (χ0v) is 12.0. The third-order valence-electron chi connectivity index (χ3n) is 3.67. The van der Waals surface area contributed by atoms with Crippen molar-refractivity contribution in [3.05, 3.63) is 29.3 Å². The predicted molar refractivity (Wildman–Crippen MR) is 76.6 cm³/mol. The third kappa shape index (κ3) is 3.26. The average molecular weight is 264 g/mol. The first kappa shape index (κ1) is 14.3. The van der Waals surface area contributed by atoms with E-state index in [9.17, 15) is 0 Å². The van der Waals surface area contributed by atoms with Crippen LogP contribution in [-0.2, 0) is 4.74 Å². The van der Waals surface area contributed by atoms with E-state index < -0.39 is 0 Å². The molecule has 1 fully saturated rings. The second-order valence-corrected chi connectivity index (χ2v) is 5.32. The van der Waals surface area contributed by atoms with Gasteiger partial charge in [-0.3, -0.25) is 0 Å². The van der Waals surface area contributed by atoms with E-state index in [2.05, 4.69) is 37.4 Å². The molecule has 0 spiro atoms. The fourth-order valence-corrected chi connectivity index (χ4v) is 2.40. The standard InChI is InChI=1S/C15H24N2O2/c1-10(2)11-4-5-12(14(8-11)18-3)15(16)13-9-19-7-6-17-13/h4-5,8,10,13,15,17H,6-7,9,16H2,1-3H3. The summed E-state index contributed by atoms with van der Waals surface area (Å²) in [6.45, 7) is 6.60. The Morgan fingerprint density at radius 2 is 2.21 bits per heavy atom. The van der Waals surface area contributed by atoms with Gasteiger partial charge in [0.25, 0.3) is 0 Å². The number of nitrogens with one attached hydrogen (secondary N) is 1. The van der Waals surface area contributed by atoms with Crippen LogP contribution in [0.25, 0.3) is 0 Å². The number of hydrogen-bond donors (Lipinski definition) is 2. The minimum Gasteiger partial charge on any atom is -0.496 e. The number of morpholine rings is 1. The number of benzene rings is 1. The fourth-order valence-electron chi connectivity index (χ4n) is 2.40. The number of ether oxygens (including phenoxy) is 2. The van der Waals surface area contributed by atoms with Gasteiger partial charge >= 0.3 is 0 Å². The van der Waals surface area contributed by atoms with Crippen molar-refractivity contribution >= 4 is 0 Å². The molecule has 2 unspecified atom stereocenters. The van der Waals surface area contributed by atoms with Gasteiger partial charge in [-0.2, -0.15) is 0 Å². The van der Waals surface area contributed by atoms with Crippen LogP contribution in [0.15, 0.2) is 18.2 Å². The maximum Gasteiger partial charge on any atom is 0.123 e. The molecule has 0 radical (unpaired) electrons. The summed E-state index contributed by atoms with van der Waals surface area (Å²) in [5.41, 5.74) is 8.65. The smallest absolute Gasteiger partial charge is 0.123 e. The van der Waals surface area contributed by atoms with E-state index in [0.29, 0.717) is 12.5 Å². The Kier molecular flexibility index (Phi) is 4.80. The molecule has 1 aromatic carbocycles. The van der Waals surface area contributed by atoms with E-state index >= 15 is 0 Å². The van der Waals surface area contributed by atoms with Crippen molar-refractivity contribution in [1.82, 2.24) is 5.32 Å². The van der Waals surface area contributed by atoms with Gasteiger partial charge in [0.1, 0.15) is 5.75 Å². The lowest BCUT2D eigenvalue weighted by molar-refractivity contribution is 0.0682. The first-order valence-electron chi connectivity index (χ1n) is 6.88. The molecule has 1 saturated heterocycles. The maximum atomic E-state index is 6.35. The van der Waals surface area contributed by atoms with Crippen molar-refractivity contribution in [2.45, 2.75) is 31.8 Å². The van der Waals surface area contributed by atoms with Crippen LogP contribution in [-0.4, -0.2) is 32.9 Å². The van der Waals surface area contributed by atoms with E-state index in [0.717, 1.165) is 24.5 Å². The monoisotopic (exact) mass is 264 g/mol. The highest BCUT2D eigenvalue weighted by molar-refractivity contribution is 5.41. The minimum absolute atomic E-state index is 0.114. The summed E-state index contributed by atoms with van der Waals surface area (Å²) in [7, 11) is 1.69. The fraction of sp³-hybridized carbons (Fsp3) is 0.600. The minimum atomic E-state index is -0.114. The Morgan fingerprint density at radius 3 is 2.79 bits per heavy atom. The van der Waals surface area contributed by atoms with Gasteiger partial charge in [0.15, 0.2) is 0 Å². The van der Waals surface area contributed by atoms with Crippen molar-refractivity contribution in [1.29, 1.82) is 0 Å². The Labute approximate surface area is 115 Å². The van der Waals surface area contributed by atoms with Gasteiger partial charge in [-0.25, -0.2) is 0 Å². The summed E-state index contributed by atoms with van der Waals surface area (Å²) >= 11 is 0. The molecule has 19 heavy (non-hydrogen) atoms. The van der Waals surface area contributed by atoms with Crippen molar-refractivity contribution in [2.24, 2.45) is 5.73 Å². The second kappa shape index (κ2) is 6.37. The van der Waals surface area contributed by atoms with E-state index in [4.69, 9.17) is 15.2 Å². The van der Waals surface area contributed by atoms with Crippen LogP contribution in [0.1, 0.15) is 36.9 Å². The number of rotatable bonds is 4. The number of hydrogen-bond acceptors (Lipinski definition) is 4. The lowest BCUT2D eigenvalue weighted by Gasteiger charge is -2.30. The normalized spacial score (nSPS) is 21.4. The third-order valence-corrected chi connectivity index (χ3v) is 3.67. The van der Waals surface area contributed by atoms with E-state index in [-0.39, 0.29) is 12.1 Å². The van der Waals surface area contributed by atoms with Crippen LogP contribution in [0.4, 0.5) is 0 Å². The molecule has 0 aliphatic carbocycles. The highest BCUT2D eigenvalue weighted by atomic mass is 16.5. The van der Waals surface area contributed by atoms with Crippen LogP contribution in [0.5, 0.6) is 5.75 Å². The summed E-state index contributed by atoms with van der Waals surface area (Å²) in [4.78, 5) is 0. The highest BCUT2D eigenvalue weighted by Gasteiger charge is 2.24. The van der Waals surface area contributed by atoms with Gasteiger partial charge < -0.3 is 20.5 Å². The molecule has 106 valence electrons. The molecule has 1 heterocycles. The van der Waals surface area contributed by atoms with Crippen LogP contribution >= 0.6 is 0 Å². The van der Waals surface area contributed by atoms with Gasteiger partial charge in [0.2, 0.25) is 0 Å². The Morgan fingerprint density at radius 1 is 1.42 bits per heavy atom. The molecule has 1 aliphatic heterocycles. The lowest BCUT2D eigenvalue weighted by Crippen LogP contribution is -2.47. The first-order valence-corrected chi connectivity index (χ1v) is 6.88. The molecule has 0 aromatic heterocycles. The summed E-state index contributed by atoms with van der Waals surface area (Å²) in [5, 5.41) is 3.40. The number of methoxy groups -OCH3 is 1. The molecular weight excluding hydrogens is 240 g/mol. The summed E-state index contributed by atoms with van der Waals surface area (Å²) in [5.74, 6) is 1.35. The summed E-state index contributed by atoms with van der Waals surface area (Å²) in [6.07, 6.45) is 0. The van der Waals surface area contributed by atoms with Crippen molar-refractivity contribution in [3.8, 4) is 5.75 Å². The maximum absolute atomic E-state index is 6.35. The zero-order valence-electron chi connectivity index (χ0n) is 12.0. The van der Waals surface area contributed by atoms with E-state index in [1.807, 2.05) is 0 Å². The number of nitrogens with two attached hydrogens (primary N) is 1. The Balaban J connectivity index is 2.22. The van der Waals surface area contributed by atoms with Gasteiger partial charge in [-0.15, -0.1) is 0 Å². The zero-order chi connectivity index (χ0) is 13.8. The molecule has 0 amide bonds. The van der Waals surface area contributed by atoms with Gasteiger partial charge in [0.05, 0.1) is 26.4 Å². The Bertz CT molecular complexity index is 415. The SMILES string of the molecule is COc1cc(C(C)C)ccc1C(N)C1COCCN1. The molecule has 4 heteroatoms. The molecule has 0 bridgehead atoms.